The molecule has 3 rings (SSSR count). The van der Waals surface area contributed by atoms with Crippen molar-refractivity contribution in [3.63, 3.8) is 0 Å². The first kappa shape index (κ1) is 20.1. The summed E-state index contributed by atoms with van der Waals surface area (Å²) in [5.41, 5.74) is 0.138. The molecule has 26 heavy (non-hydrogen) atoms. The quantitative estimate of drug-likeness (QED) is 0.304. The van der Waals surface area contributed by atoms with Crippen molar-refractivity contribution in [2.24, 2.45) is 0 Å². The molecule has 0 radical (unpaired) electrons. The second-order valence-corrected chi connectivity index (χ2v) is 6.34. The molecule has 0 bridgehead atoms. The van der Waals surface area contributed by atoms with Crippen LogP contribution in [0.2, 0.25) is 0 Å². The van der Waals surface area contributed by atoms with Crippen LogP contribution in [0, 0.1) is 10.1 Å². The molecule has 9 heteroatoms. The number of likely N-dealkylation sites (tertiary alicyclic amines) is 1. The van der Waals surface area contributed by atoms with Crippen molar-refractivity contribution >= 4 is 22.6 Å². The van der Waals surface area contributed by atoms with Crippen LogP contribution in [0.3, 0.4) is 0 Å². The van der Waals surface area contributed by atoms with E-state index in [0.717, 1.165) is 19.5 Å². The number of non-ortho nitro benzene ring substituents is 1. The monoisotopic (exact) mass is 382 g/mol. The molecule has 0 saturated carbocycles. The topological polar surface area (TPSA) is 98.7 Å². The molecule has 1 unspecified atom stereocenters. The Balaban J connectivity index is 0.00000243. The summed E-state index contributed by atoms with van der Waals surface area (Å²) >= 11 is 0. The predicted molar refractivity (Wildman–Crippen MR) is 90.4 cm³/mol. The third kappa shape index (κ3) is 4.50. The number of ether oxygens (including phenoxy) is 1. The molecule has 1 aliphatic heterocycles. The van der Waals surface area contributed by atoms with Crippen LogP contribution in [-0.2, 0) is 4.74 Å². The molecule has 1 aromatic heterocycles. The number of carbonyl (C=O) groups excluding carboxylic acids is 1. The van der Waals surface area contributed by atoms with Gasteiger partial charge in [0, 0.05) is 18.7 Å². The van der Waals surface area contributed by atoms with E-state index in [0.29, 0.717) is 18.0 Å². The van der Waals surface area contributed by atoms with E-state index in [1.165, 1.54) is 37.5 Å². The van der Waals surface area contributed by atoms with E-state index in [1.54, 1.807) is 0 Å². The van der Waals surface area contributed by atoms with Crippen LogP contribution in [0.25, 0.3) is 11.0 Å². The molecule has 1 fully saturated rings. The molecule has 1 aliphatic rings. The van der Waals surface area contributed by atoms with Crippen molar-refractivity contribution < 1.29 is 31.4 Å². The summed E-state index contributed by atoms with van der Waals surface area (Å²) in [7, 11) is 0. The number of fused-ring (bicyclic) bond motifs is 1. The molecule has 0 spiro atoms. The van der Waals surface area contributed by atoms with Crippen molar-refractivity contribution in [3.05, 3.63) is 34.0 Å². The van der Waals surface area contributed by atoms with Gasteiger partial charge in [0.15, 0.2) is 11.3 Å². The molecule has 1 aromatic carbocycles. The SMILES string of the molecule is CC1CCCCN1CCCOC(=O)c1noc2cc([N+](=O)[O-])ccc12.[Cl-]. The third-order valence-corrected chi connectivity index (χ3v) is 4.62. The molecule has 0 N–H and O–H groups in total. The summed E-state index contributed by atoms with van der Waals surface area (Å²) in [6.07, 6.45) is 4.49. The number of benzene rings is 1. The highest BCUT2D eigenvalue weighted by atomic mass is 35.5. The summed E-state index contributed by atoms with van der Waals surface area (Å²) in [5, 5.41) is 14.9. The predicted octanol–water partition coefficient (Wildman–Crippen LogP) is 0.161. The van der Waals surface area contributed by atoms with Gasteiger partial charge < -0.3 is 26.6 Å². The summed E-state index contributed by atoms with van der Waals surface area (Å²) in [5.74, 6) is -0.570. The smallest absolute Gasteiger partial charge is 0.361 e. The van der Waals surface area contributed by atoms with Crippen LogP contribution in [-0.4, -0.2) is 46.7 Å². The highest BCUT2D eigenvalue weighted by Crippen LogP contribution is 2.24. The van der Waals surface area contributed by atoms with Gasteiger partial charge in [-0.2, -0.15) is 0 Å². The van der Waals surface area contributed by atoms with Crippen molar-refractivity contribution in [2.45, 2.75) is 38.6 Å². The number of hydrogen-bond donors (Lipinski definition) is 0. The zero-order valence-corrected chi connectivity index (χ0v) is 15.3. The van der Waals surface area contributed by atoms with Crippen LogP contribution in [0.5, 0.6) is 0 Å². The fourth-order valence-corrected chi connectivity index (χ4v) is 3.18. The van der Waals surface area contributed by atoms with E-state index < -0.39 is 10.9 Å². The normalized spacial score (nSPS) is 17.7. The number of nitro groups is 1. The number of piperidine rings is 1. The van der Waals surface area contributed by atoms with Crippen LogP contribution in [0.15, 0.2) is 22.7 Å². The van der Waals surface area contributed by atoms with Gasteiger partial charge in [-0.05, 0) is 38.8 Å². The van der Waals surface area contributed by atoms with Crippen LogP contribution in [0.1, 0.15) is 43.1 Å². The summed E-state index contributed by atoms with van der Waals surface area (Å²) in [6.45, 7) is 4.54. The minimum atomic E-state index is -0.570. The second-order valence-electron chi connectivity index (χ2n) is 6.34. The number of esters is 1. The number of nitro benzene ring substituents is 1. The maximum Gasteiger partial charge on any atom is 0.361 e. The number of hydrogen-bond acceptors (Lipinski definition) is 7. The summed E-state index contributed by atoms with van der Waals surface area (Å²) in [4.78, 5) is 24.8. The van der Waals surface area contributed by atoms with Crippen molar-refractivity contribution in [3.8, 4) is 0 Å². The summed E-state index contributed by atoms with van der Waals surface area (Å²) in [6, 6.07) is 4.60. The minimum absolute atomic E-state index is 0. The molecule has 142 valence electrons. The van der Waals surface area contributed by atoms with E-state index in [9.17, 15) is 14.9 Å². The van der Waals surface area contributed by atoms with E-state index in [4.69, 9.17) is 9.26 Å². The van der Waals surface area contributed by atoms with Crippen molar-refractivity contribution in [2.75, 3.05) is 19.7 Å². The van der Waals surface area contributed by atoms with Gasteiger partial charge in [-0.15, -0.1) is 0 Å². The average molecular weight is 383 g/mol. The highest BCUT2D eigenvalue weighted by molar-refractivity contribution is 6.01. The fourth-order valence-electron chi connectivity index (χ4n) is 3.18. The molecule has 0 amide bonds. The first-order valence-corrected chi connectivity index (χ1v) is 8.51. The Labute approximate surface area is 157 Å². The lowest BCUT2D eigenvalue weighted by Gasteiger charge is -2.33. The Kier molecular flexibility index (Phi) is 6.93. The van der Waals surface area contributed by atoms with Gasteiger partial charge >= 0.3 is 5.97 Å². The van der Waals surface area contributed by atoms with Crippen LogP contribution >= 0.6 is 0 Å². The lowest BCUT2D eigenvalue weighted by Crippen LogP contribution is -3.00. The van der Waals surface area contributed by atoms with Gasteiger partial charge in [0.1, 0.15) is 0 Å². The number of rotatable bonds is 6. The van der Waals surface area contributed by atoms with Crippen LogP contribution < -0.4 is 12.4 Å². The highest BCUT2D eigenvalue weighted by Gasteiger charge is 2.21. The third-order valence-electron chi connectivity index (χ3n) is 4.62. The largest absolute Gasteiger partial charge is 1.00 e. The Hall–Kier alpha value is -2.19. The van der Waals surface area contributed by atoms with Crippen LogP contribution in [0.4, 0.5) is 5.69 Å². The lowest BCUT2D eigenvalue weighted by molar-refractivity contribution is -0.384. The first-order valence-electron chi connectivity index (χ1n) is 8.51. The van der Waals surface area contributed by atoms with E-state index in [1.807, 2.05) is 0 Å². The summed E-state index contributed by atoms with van der Waals surface area (Å²) < 4.78 is 10.3. The van der Waals surface area contributed by atoms with E-state index in [-0.39, 0.29) is 29.4 Å². The molecule has 2 aromatic rings. The number of carbonyl (C=O) groups is 1. The molecule has 0 aliphatic carbocycles. The zero-order valence-electron chi connectivity index (χ0n) is 14.5. The standard InChI is InChI=1S/C17H21N3O5.ClH/c1-12-5-2-3-8-19(12)9-4-10-24-17(21)16-14-7-6-13(20(22)23)11-15(14)25-18-16;/h6-7,11-12H,2-5,8-10H2,1H3;1H/p-1. The maximum atomic E-state index is 12.2. The van der Waals surface area contributed by atoms with E-state index in [2.05, 4.69) is 17.0 Å². The van der Waals surface area contributed by atoms with Gasteiger partial charge in [-0.1, -0.05) is 11.6 Å². The molecular weight excluding hydrogens is 362 g/mol. The second kappa shape index (κ2) is 8.95. The zero-order chi connectivity index (χ0) is 17.8. The Bertz CT molecular complexity index is 779. The maximum absolute atomic E-state index is 12.2. The molecule has 8 nitrogen and oxygen atoms in total. The Morgan fingerprint density at radius 3 is 3.00 bits per heavy atom. The van der Waals surface area contributed by atoms with Gasteiger partial charge in [-0.3, -0.25) is 10.1 Å². The Morgan fingerprint density at radius 2 is 2.27 bits per heavy atom. The number of aromatic nitrogens is 1. The van der Waals surface area contributed by atoms with Crippen molar-refractivity contribution in [1.82, 2.24) is 10.1 Å². The van der Waals surface area contributed by atoms with Crippen molar-refractivity contribution in [1.29, 1.82) is 0 Å². The minimum Gasteiger partial charge on any atom is -1.00 e. The number of halogens is 1. The first-order chi connectivity index (χ1) is 12.1. The fraction of sp³-hybridized carbons (Fsp3) is 0.529. The van der Waals surface area contributed by atoms with Gasteiger partial charge in [0.05, 0.1) is 23.0 Å². The van der Waals surface area contributed by atoms with Gasteiger partial charge in [-0.25, -0.2) is 4.79 Å². The number of nitrogens with zero attached hydrogens (tertiary/aromatic N) is 3. The molecule has 2 heterocycles. The van der Waals surface area contributed by atoms with Gasteiger partial charge in [0.25, 0.3) is 5.69 Å². The average Bonchev–Trinajstić information content (AvgIpc) is 3.03. The molecule has 1 saturated heterocycles. The van der Waals surface area contributed by atoms with Gasteiger partial charge in [0.2, 0.25) is 0 Å². The molecular formula is C17H21ClN3O5-. The molecule has 1 atom stereocenters. The lowest BCUT2D eigenvalue weighted by atomic mass is 10.0. The van der Waals surface area contributed by atoms with E-state index >= 15 is 0 Å². The Morgan fingerprint density at radius 1 is 1.46 bits per heavy atom.